The molecule has 0 fully saturated rings. The summed E-state index contributed by atoms with van der Waals surface area (Å²) >= 11 is 0. The summed E-state index contributed by atoms with van der Waals surface area (Å²) in [7, 11) is 0. The molecule has 3 aromatic heterocycles. The summed E-state index contributed by atoms with van der Waals surface area (Å²) in [6.07, 6.45) is 2.10. The van der Waals surface area contributed by atoms with Gasteiger partial charge >= 0.3 is 0 Å². The molecule has 3 heterocycles. The minimum Gasteiger partial charge on any atom is -0.436 e. The van der Waals surface area contributed by atoms with Gasteiger partial charge in [0.15, 0.2) is 11.2 Å². The van der Waals surface area contributed by atoms with Crippen LogP contribution in [0.3, 0.4) is 0 Å². The van der Waals surface area contributed by atoms with Gasteiger partial charge in [-0.15, -0.1) is 0 Å². The topological polar surface area (TPSA) is 95.9 Å². The zero-order chi connectivity index (χ0) is 32.6. The van der Waals surface area contributed by atoms with Gasteiger partial charge in [-0.3, -0.25) is 0 Å². The average Bonchev–Trinajstić information content (AvgIpc) is 3.70. The Morgan fingerprint density at radius 2 is 1.22 bits per heavy atom. The van der Waals surface area contributed by atoms with Crippen LogP contribution >= 0.6 is 0 Å². The minimum atomic E-state index is 0.206. The van der Waals surface area contributed by atoms with Crippen LogP contribution in [0.4, 0.5) is 5.69 Å². The van der Waals surface area contributed by atoms with E-state index in [1.807, 2.05) is 60.7 Å². The third-order valence-corrected chi connectivity index (χ3v) is 7.94. The zero-order valence-corrected chi connectivity index (χ0v) is 27.9. The van der Waals surface area contributed by atoms with Gasteiger partial charge in [-0.05, 0) is 90.8 Å². The highest BCUT2D eigenvalue weighted by Crippen LogP contribution is 2.31. The van der Waals surface area contributed by atoms with Crippen LogP contribution in [-0.2, 0) is 13.0 Å². The standard InChI is InChI=1S/C20H21N3O.C19H22N2O/c1-13-21-16-11-14(9-10-17(16)23(13)12-20(2,3)4)19-22-15-7-5-6-8-18(15)24-19;1-19(2,3)11-10-13-8-9-14(12-15(13)20)18-21-16-6-4-5-7-17(16)22-18/h5-11H,12H2,1-4H3;4-9,12H,10-11,20H2,1-3H3. The van der Waals surface area contributed by atoms with Crippen molar-refractivity contribution >= 4 is 38.9 Å². The van der Waals surface area contributed by atoms with Crippen LogP contribution in [-0.4, -0.2) is 19.5 Å². The number of para-hydroxylation sites is 4. The number of hydrogen-bond donors (Lipinski definition) is 1. The molecule has 46 heavy (non-hydrogen) atoms. The number of nitrogens with zero attached hydrogens (tertiary/aromatic N) is 4. The first-order valence-corrected chi connectivity index (χ1v) is 15.9. The van der Waals surface area contributed by atoms with Crippen molar-refractivity contribution in [2.24, 2.45) is 10.8 Å². The quantitative estimate of drug-likeness (QED) is 0.194. The van der Waals surface area contributed by atoms with E-state index >= 15 is 0 Å². The molecule has 7 rings (SSSR count). The van der Waals surface area contributed by atoms with Gasteiger partial charge in [0.2, 0.25) is 11.8 Å². The second-order valence-electron chi connectivity index (χ2n) is 14.5. The molecule has 7 nitrogen and oxygen atoms in total. The van der Waals surface area contributed by atoms with Crippen molar-refractivity contribution in [2.75, 3.05) is 5.73 Å². The van der Waals surface area contributed by atoms with Crippen LogP contribution in [0.25, 0.3) is 56.1 Å². The molecule has 0 spiro atoms. The summed E-state index contributed by atoms with van der Waals surface area (Å²) in [6.45, 7) is 16.5. The maximum atomic E-state index is 6.21. The predicted molar refractivity (Wildman–Crippen MR) is 189 cm³/mol. The summed E-state index contributed by atoms with van der Waals surface area (Å²) in [5.41, 5.74) is 16.1. The highest BCUT2D eigenvalue weighted by atomic mass is 16.4. The first-order valence-electron chi connectivity index (χ1n) is 15.9. The number of nitrogens with two attached hydrogens (primary N) is 1. The van der Waals surface area contributed by atoms with Crippen molar-refractivity contribution in [3.63, 3.8) is 0 Å². The van der Waals surface area contributed by atoms with Gasteiger partial charge in [-0.2, -0.15) is 0 Å². The molecule has 0 unspecified atom stereocenters. The first-order chi connectivity index (χ1) is 21.8. The Kier molecular flexibility index (Phi) is 8.19. The molecule has 0 aliphatic rings. The Bertz CT molecular complexity index is 2070. The second-order valence-corrected chi connectivity index (χ2v) is 14.5. The lowest BCUT2D eigenvalue weighted by atomic mass is 9.88. The molecule has 7 aromatic rings. The van der Waals surface area contributed by atoms with Crippen LogP contribution in [0, 0.1) is 17.8 Å². The number of benzene rings is 4. The van der Waals surface area contributed by atoms with E-state index in [9.17, 15) is 0 Å². The normalized spacial score (nSPS) is 12.2. The molecule has 7 heteroatoms. The van der Waals surface area contributed by atoms with Gasteiger partial charge in [-0.1, -0.05) is 71.9 Å². The van der Waals surface area contributed by atoms with Gasteiger partial charge < -0.3 is 19.1 Å². The number of fused-ring (bicyclic) bond motifs is 3. The molecule has 0 saturated carbocycles. The maximum Gasteiger partial charge on any atom is 0.227 e. The third-order valence-electron chi connectivity index (χ3n) is 7.94. The molecule has 236 valence electrons. The number of aryl methyl sites for hydroxylation is 2. The Hall–Kier alpha value is -4.91. The van der Waals surface area contributed by atoms with Crippen LogP contribution in [0.5, 0.6) is 0 Å². The monoisotopic (exact) mass is 613 g/mol. The van der Waals surface area contributed by atoms with E-state index in [0.717, 1.165) is 75.3 Å². The molecular formula is C39H43N5O2. The minimum absolute atomic E-state index is 0.206. The maximum absolute atomic E-state index is 6.21. The number of aromatic nitrogens is 4. The lowest BCUT2D eigenvalue weighted by Crippen LogP contribution is -2.16. The van der Waals surface area contributed by atoms with Gasteiger partial charge in [0.1, 0.15) is 16.9 Å². The fourth-order valence-electron chi connectivity index (χ4n) is 5.51. The van der Waals surface area contributed by atoms with Gasteiger partial charge in [-0.25, -0.2) is 15.0 Å². The molecular weight excluding hydrogens is 570 g/mol. The van der Waals surface area contributed by atoms with Gasteiger partial charge in [0.25, 0.3) is 0 Å². The van der Waals surface area contributed by atoms with Gasteiger partial charge in [0, 0.05) is 23.4 Å². The molecule has 0 aliphatic heterocycles. The Morgan fingerprint density at radius 1 is 0.652 bits per heavy atom. The molecule has 4 aromatic carbocycles. The smallest absolute Gasteiger partial charge is 0.227 e. The molecule has 0 atom stereocenters. The number of oxazole rings is 2. The molecule has 0 bridgehead atoms. The van der Waals surface area contributed by atoms with Crippen molar-refractivity contribution < 1.29 is 8.83 Å². The highest BCUT2D eigenvalue weighted by molar-refractivity contribution is 5.83. The predicted octanol–water partition coefficient (Wildman–Crippen LogP) is 10.3. The van der Waals surface area contributed by atoms with Crippen LogP contribution in [0.1, 0.15) is 59.4 Å². The van der Waals surface area contributed by atoms with Crippen molar-refractivity contribution in [3.05, 3.63) is 96.3 Å². The summed E-state index contributed by atoms with van der Waals surface area (Å²) in [5, 5.41) is 0. The Balaban J connectivity index is 0.000000162. The van der Waals surface area contributed by atoms with E-state index in [1.165, 1.54) is 5.56 Å². The van der Waals surface area contributed by atoms with Crippen molar-refractivity contribution in [1.29, 1.82) is 0 Å². The lowest BCUT2D eigenvalue weighted by Gasteiger charge is -2.20. The van der Waals surface area contributed by atoms with Crippen molar-refractivity contribution in [2.45, 2.75) is 67.9 Å². The average molecular weight is 614 g/mol. The summed E-state index contributed by atoms with van der Waals surface area (Å²) in [6, 6.07) is 27.9. The Morgan fingerprint density at radius 3 is 1.76 bits per heavy atom. The SMILES string of the molecule is CC(C)(C)CCc1ccc(-c2nc3ccccc3o2)cc1N.Cc1nc2cc(-c3nc4ccccc4o3)ccc2n1CC(C)(C)C. The summed E-state index contributed by atoms with van der Waals surface area (Å²) < 4.78 is 14.0. The molecule has 0 amide bonds. The first kappa shape index (κ1) is 31.1. The molecule has 0 aliphatic carbocycles. The van der Waals surface area contributed by atoms with Crippen LogP contribution in [0.2, 0.25) is 0 Å². The number of rotatable bonds is 5. The van der Waals surface area contributed by atoms with Gasteiger partial charge in [0.05, 0.1) is 11.0 Å². The second kappa shape index (κ2) is 12.1. The number of hydrogen-bond acceptors (Lipinski definition) is 6. The zero-order valence-electron chi connectivity index (χ0n) is 27.9. The molecule has 0 saturated heterocycles. The fourth-order valence-corrected chi connectivity index (χ4v) is 5.51. The fraction of sp³-hybridized carbons (Fsp3) is 0.308. The Labute approximate surface area is 270 Å². The summed E-state index contributed by atoms with van der Waals surface area (Å²) in [4.78, 5) is 13.8. The number of nitrogen functional groups attached to an aromatic ring is 1. The molecule has 0 radical (unpaired) electrons. The van der Waals surface area contributed by atoms with Crippen molar-refractivity contribution in [1.82, 2.24) is 19.5 Å². The van der Waals surface area contributed by atoms with E-state index in [1.54, 1.807) is 0 Å². The van der Waals surface area contributed by atoms with Crippen LogP contribution in [0.15, 0.2) is 93.8 Å². The van der Waals surface area contributed by atoms with E-state index in [2.05, 4.69) is 87.3 Å². The highest BCUT2D eigenvalue weighted by Gasteiger charge is 2.17. The van der Waals surface area contributed by atoms with E-state index in [-0.39, 0.29) is 5.41 Å². The lowest BCUT2D eigenvalue weighted by molar-refractivity contribution is 0.345. The third kappa shape index (κ3) is 6.99. The van der Waals surface area contributed by atoms with E-state index < -0.39 is 0 Å². The summed E-state index contributed by atoms with van der Waals surface area (Å²) in [5.74, 6) is 2.30. The van der Waals surface area contributed by atoms with Crippen LogP contribution < -0.4 is 5.73 Å². The van der Waals surface area contributed by atoms with E-state index in [4.69, 9.17) is 19.6 Å². The van der Waals surface area contributed by atoms with Crippen molar-refractivity contribution in [3.8, 4) is 22.9 Å². The molecule has 2 N–H and O–H groups in total. The number of imidazole rings is 1. The number of anilines is 1. The van der Waals surface area contributed by atoms with E-state index in [0.29, 0.717) is 17.2 Å². The largest absolute Gasteiger partial charge is 0.436 e.